The van der Waals surface area contributed by atoms with Crippen LogP contribution in [0.2, 0.25) is 5.02 Å². The zero-order chi connectivity index (χ0) is 17.4. The second-order valence-corrected chi connectivity index (χ2v) is 6.98. The van der Waals surface area contributed by atoms with Gasteiger partial charge in [-0.3, -0.25) is 4.79 Å². The van der Waals surface area contributed by atoms with Gasteiger partial charge in [-0.1, -0.05) is 47.5 Å². The monoisotopic (exact) mass is 363 g/mol. The number of halogens is 1. The molecule has 0 atom stereocenters. The Morgan fingerprint density at radius 3 is 2.62 bits per heavy atom. The summed E-state index contributed by atoms with van der Waals surface area (Å²) in [6.07, 6.45) is 0. The van der Waals surface area contributed by atoms with Gasteiger partial charge in [0.1, 0.15) is 12.4 Å². The predicted molar refractivity (Wildman–Crippen MR) is 102 cm³/mol. The average molecular weight is 364 g/mol. The number of rotatable bonds is 8. The van der Waals surface area contributed by atoms with Crippen LogP contribution in [0.15, 0.2) is 42.5 Å². The molecule has 2 aromatic rings. The van der Waals surface area contributed by atoms with E-state index in [1.54, 1.807) is 17.8 Å². The summed E-state index contributed by atoms with van der Waals surface area (Å²) in [7, 11) is 0. The van der Waals surface area contributed by atoms with Gasteiger partial charge in [0.05, 0.1) is 12.3 Å². The molecule has 0 saturated heterocycles. The summed E-state index contributed by atoms with van der Waals surface area (Å²) in [5.41, 5.74) is 3.50. The van der Waals surface area contributed by atoms with Crippen LogP contribution in [0.25, 0.3) is 0 Å². The van der Waals surface area contributed by atoms with E-state index in [4.69, 9.17) is 16.3 Å². The minimum atomic E-state index is 0.0256. The molecule has 0 aliphatic carbocycles. The standard InChI is InChI=1S/C19H22ClNO2S/c1-14-3-6-16(7-4-14)12-24-13-19(22)21-9-10-23-17-8-5-15(2)18(20)11-17/h3-8,11H,9-10,12-13H2,1-2H3,(H,21,22). The fraction of sp³-hybridized carbons (Fsp3) is 0.316. The maximum Gasteiger partial charge on any atom is 0.230 e. The first-order chi connectivity index (χ1) is 11.5. The van der Waals surface area contributed by atoms with E-state index in [0.717, 1.165) is 11.3 Å². The molecule has 1 amide bonds. The van der Waals surface area contributed by atoms with Crippen molar-refractivity contribution in [2.45, 2.75) is 19.6 Å². The molecular formula is C19H22ClNO2S. The van der Waals surface area contributed by atoms with Gasteiger partial charge in [0.25, 0.3) is 0 Å². The number of hydrogen-bond acceptors (Lipinski definition) is 3. The lowest BCUT2D eigenvalue weighted by molar-refractivity contribution is -0.118. The zero-order valence-electron chi connectivity index (χ0n) is 14.0. The molecule has 24 heavy (non-hydrogen) atoms. The van der Waals surface area contributed by atoms with E-state index in [1.807, 2.05) is 19.1 Å². The molecule has 0 fully saturated rings. The van der Waals surface area contributed by atoms with Crippen molar-refractivity contribution in [3.8, 4) is 5.75 Å². The molecule has 1 N–H and O–H groups in total. The highest BCUT2D eigenvalue weighted by Gasteiger charge is 2.03. The third-order valence-corrected chi connectivity index (χ3v) is 4.87. The normalized spacial score (nSPS) is 10.5. The molecule has 5 heteroatoms. The second kappa shape index (κ2) is 9.60. The third kappa shape index (κ3) is 6.46. The molecule has 3 nitrogen and oxygen atoms in total. The van der Waals surface area contributed by atoms with E-state index >= 15 is 0 Å². The van der Waals surface area contributed by atoms with Crippen LogP contribution in [0.5, 0.6) is 5.75 Å². The second-order valence-electron chi connectivity index (χ2n) is 5.59. The molecule has 0 radical (unpaired) electrons. The summed E-state index contributed by atoms with van der Waals surface area (Å²) >= 11 is 7.65. The number of nitrogens with one attached hydrogen (secondary N) is 1. The Kier molecular flexibility index (Phi) is 7.47. The molecule has 0 heterocycles. The van der Waals surface area contributed by atoms with E-state index in [9.17, 15) is 4.79 Å². The number of thioether (sulfide) groups is 1. The fourth-order valence-corrected chi connectivity index (χ4v) is 3.01. The van der Waals surface area contributed by atoms with Crippen LogP contribution < -0.4 is 10.1 Å². The highest BCUT2D eigenvalue weighted by Crippen LogP contribution is 2.21. The number of carbonyl (C=O) groups is 1. The number of ether oxygens (including phenoxy) is 1. The van der Waals surface area contributed by atoms with Crippen molar-refractivity contribution in [1.29, 1.82) is 0 Å². The Hall–Kier alpha value is -1.65. The van der Waals surface area contributed by atoms with Crippen molar-refractivity contribution in [3.05, 3.63) is 64.2 Å². The van der Waals surface area contributed by atoms with Crippen LogP contribution in [0, 0.1) is 13.8 Å². The summed E-state index contributed by atoms with van der Waals surface area (Å²) in [6, 6.07) is 13.9. The zero-order valence-corrected chi connectivity index (χ0v) is 15.5. The molecule has 2 rings (SSSR count). The van der Waals surface area contributed by atoms with Crippen molar-refractivity contribution in [2.24, 2.45) is 0 Å². The number of amides is 1. The van der Waals surface area contributed by atoms with Gasteiger partial charge in [0, 0.05) is 10.8 Å². The number of carbonyl (C=O) groups excluding carboxylic acids is 1. The van der Waals surface area contributed by atoms with E-state index in [2.05, 4.69) is 36.5 Å². The Labute approximate surface area is 152 Å². The highest BCUT2D eigenvalue weighted by molar-refractivity contribution is 7.99. The minimum Gasteiger partial charge on any atom is -0.492 e. The minimum absolute atomic E-state index is 0.0256. The topological polar surface area (TPSA) is 38.3 Å². The Morgan fingerprint density at radius 2 is 1.92 bits per heavy atom. The summed E-state index contributed by atoms with van der Waals surface area (Å²) < 4.78 is 5.57. The van der Waals surface area contributed by atoms with Gasteiger partial charge in [-0.2, -0.15) is 0 Å². The Balaban J connectivity index is 1.59. The first-order valence-corrected chi connectivity index (χ1v) is 9.37. The largest absolute Gasteiger partial charge is 0.492 e. The van der Waals surface area contributed by atoms with Crippen LogP contribution in [-0.4, -0.2) is 24.8 Å². The first kappa shape index (κ1) is 18.7. The molecule has 0 unspecified atom stereocenters. The van der Waals surface area contributed by atoms with E-state index in [-0.39, 0.29) is 5.91 Å². The smallest absolute Gasteiger partial charge is 0.230 e. The van der Waals surface area contributed by atoms with Crippen molar-refractivity contribution in [3.63, 3.8) is 0 Å². The van der Waals surface area contributed by atoms with Gasteiger partial charge in [0.15, 0.2) is 0 Å². The van der Waals surface area contributed by atoms with Crippen molar-refractivity contribution < 1.29 is 9.53 Å². The highest BCUT2D eigenvalue weighted by atomic mass is 35.5. The molecular weight excluding hydrogens is 342 g/mol. The van der Waals surface area contributed by atoms with Crippen molar-refractivity contribution in [2.75, 3.05) is 18.9 Å². The average Bonchev–Trinajstić information content (AvgIpc) is 2.56. The maximum absolute atomic E-state index is 11.8. The first-order valence-electron chi connectivity index (χ1n) is 7.83. The van der Waals surface area contributed by atoms with Gasteiger partial charge in [0.2, 0.25) is 5.91 Å². The molecule has 0 spiro atoms. The fourth-order valence-electron chi connectivity index (χ4n) is 2.02. The lowest BCUT2D eigenvalue weighted by atomic mass is 10.2. The van der Waals surface area contributed by atoms with Crippen LogP contribution in [0.3, 0.4) is 0 Å². The lowest BCUT2D eigenvalue weighted by Gasteiger charge is -2.09. The molecule has 0 aliphatic heterocycles. The number of aryl methyl sites for hydroxylation is 2. The van der Waals surface area contributed by atoms with Crippen molar-refractivity contribution in [1.82, 2.24) is 5.32 Å². The Morgan fingerprint density at radius 1 is 1.17 bits per heavy atom. The number of hydrogen-bond donors (Lipinski definition) is 1. The summed E-state index contributed by atoms with van der Waals surface area (Å²) in [4.78, 5) is 11.8. The quantitative estimate of drug-likeness (QED) is 0.707. The molecule has 0 bridgehead atoms. The van der Waals surface area contributed by atoms with E-state index < -0.39 is 0 Å². The van der Waals surface area contributed by atoms with E-state index in [1.165, 1.54) is 11.1 Å². The lowest BCUT2D eigenvalue weighted by Crippen LogP contribution is -2.29. The summed E-state index contributed by atoms with van der Waals surface area (Å²) in [5, 5.41) is 3.54. The molecule has 0 aromatic heterocycles. The third-order valence-electron chi connectivity index (χ3n) is 3.46. The molecule has 0 saturated carbocycles. The SMILES string of the molecule is Cc1ccc(CSCC(=O)NCCOc2ccc(C)c(Cl)c2)cc1. The predicted octanol–water partition coefficient (Wildman–Crippen LogP) is 4.39. The number of benzene rings is 2. The van der Waals surface area contributed by atoms with Crippen LogP contribution in [0.1, 0.15) is 16.7 Å². The molecule has 128 valence electrons. The maximum atomic E-state index is 11.8. The Bertz CT molecular complexity index is 674. The molecule has 2 aromatic carbocycles. The van der Waals surface area contributed by atoms with Crippen LogP contribution in [0.4, 0.5) is 0 Å². The van der Waals surface area contributed by atoms with Gasteiger partial charge < -0.3 is 10.1 Å². The summed E-state index contributed by atoms with van der Waals surface area (Å²) in [6.45, 7) is 4.92. The van der Waals surface area contributed by atoms with Gasteiger partial charge >= 0.3 is 0 Å². The van der Waals surface area contributed by atoms with Crippen LogP contribution in [-0.2, 0) is 10.5 Å². The molecule has 0 aliphatic rings. The van der Waals surface area contributed by atoms with Crippen LogP contribution >= 0.6 is 23.4 Å². The van der Waals surface area contributed by atoms with Gasteiger partial charge in [-0.25, -0.2) is 0 Å². The van der Waals surface area contributed by atoms with Crippen molar-refractivity contribution >= 4 is 29.3 Å². The van der Waals surface area contributed by atoms with E-state index in [0.29, 0.717) is 29.7 Å². The summed E-state index contributed by atoms with van der Waals surface area (Å²) in [5.74, 6) is 2.03. The van der Waals surface area contributed by atoms with Gasteiger partial charge in [-0.05, 0) is 37.1 Å². The van der Waals surface area contributed by atoms with Gasteiger partial charge in [-0.15, -0.1) is 11.8 Å².